The van der Waals surface area contributed by atoms with E-state index in [2.05, 4.69) is 27.7 Å². The van der Waals surface area contributed by atoms with Crippen molar-refractivity contribution in [1.82, 2.24) is 0 Å². The van der Waals surface area contributed by atoms with Crippen molar-refractivity contribution in [3.63, 3.8) is 0 Å². The summed E-state index contributed by atoms with van der Waals surface area (Å²) in [5.74, 6) is -33.0. The van der Waals surface area contributed by atoms with Gasteiger partial charge in [-0.3, -0.25) is 0 Å². The summed E-state index contributed by atoms with van der Waals surface area (Å²) in [6.07, 6.45) is 26.5. The van der Waals surface area contributed by atoms with Crippen LogP contribution in [0.25, 0.3) is 4.13 Å². The van der Waals surface area contributed by atoms with Crippen LogP contribution in [0, 0.1) is 0 Å². The normalized spacial score (nSPS) is 14.4. The predicted molar refractivity (Wildman–Crippen MR) is 223 cm³/mol. The molecule has 0 amide bonds. The van der Waals surface area contributed by atoms with Crippen LogP contribution in [0.2, 0.25) is 0 Å². The van der Waals surface area contributed by atoms with Crippen LogP contribution in [0.15, 0.2) is 0 Å². The molecule has 0 rings (SSSR count). The van der Waals surface area contributed by atoms with Crippen molar-refractivity contribution in [2.24, 2.45) is 0 Å². The van der Waals surface area contributed by atoms with Crippen LogP contribution in [-0.4, -0.2) is 88.0 Å². The van der Waals surface area contributed by atoms with Gasteiger partial charge in [-0.1, -0.05) is 130 Å². The maximum Gasteiger partial charge on any atom is 0.460 e. The van der Waals surface area contributed by atoms with Crippen LogP contribution in [-0.2, 0) is 20.0 Å². The number of alkyl halides is 18. The molecule has 0 bridgehead atoms. The molecule has 0 N–H and O–H groups in total. The van der Waals surface area contributed by atoms with E-state index >= 15 is 0 Å². The van der Waals surface area contributed by atoms with Crippen LogP contribution < -0.4 is 0 Å². The van der Waals surface area contributed by atoms with E-state index < -0.39 is 73.9 Å². The van der Waals surface area contributed by atoms with Gasteiger partial charge in [-0.25, -0.2) is 16.8 Å². The average molecular weight is 1060 g/mol. The third-order valence-corrected chi connectivity index (χ3v) is 19.5. The van der Waals surface area contributed by atoms with Crippen molar-refractivity contribution in [3.8, 4) is 0 Å². The van der Waals surface area contributed by atoms with Crippen LogP contribution in [0.5, 0.6) is 0 Å². The lowest BCUT2D eigenvalue weighted by atomic mass is 10.1. The minimum Gasteiger partial charge on any atom is -0.425 e. The van der Waals surface area contributed by atoms with Crippen LogP contribution >= 0.6 is 7.26 Å². The highest BCUT2D eigenvalue weighted by atomic mass is 32.3. The zero-order chi connectivity index (χ0) is 52.0. The lowest BCUT2D eigenvalue weighted by molar-refractivity contribution is -0.382. The number of halogens is 18. The van der Waals surface area contributed by atoms with Crippen LogP contribution in [0.3, 0.4) is 0 Å². The Balaban J connectivity index is 0. The van der Waals surface area contributed by atoms with Crippen molar-refractivity contribution in [2.75, 3.05) is 24.6 Å². The van der Waals surface area contributed by atoms with Gasteiger partial charge in [0.15, 0.2) is 20.0 Å². The van der Waals surface area contributed by atoms with Crippen LogP contribution in [0.1, 0.15) is 182 Å². The molecular formula is C40H68F18NO4PS2. The molecule has 5 nitrogen and oxygen atoms in total. The number of sulfonamides is 2. The Kier molecular flexibility index (Phi) is 29.3. The van der Waals surface area contributed by atoms with E-state index in [1.54, 1.807) is 50.3 Å². The van der Waals surface area contributed by atoms with E-state index in [0.717, 1.165) is 0 Å². The van der Waals surface area contributed by atoms with E-state index in [1.165, 1.54) is 128 Å². The summed E-state index contributed by atoms with van der Waals surface area (Å²) in [6, 6.07) is 0. The van der Waals surface area contributed by atoms with E-state index in [9.17, 15) is 95.9 Å². The van der Waals surface area contributed by atoms with E-state index in [-0.39, 0.29) is 4.13 Å². The summed E-state index contributed by atoms with van der Waals surface area (Å²) in [5.41, 5.74) is 0. The monoisotopic (exact) mass is 1060 g/mol. The van der Waals surface area contributed by atoms with Crippen molar-refractivity contribution in [1.29, 1.82) is 0 Å². The standard InChI is InChI=1S/C32H68P.C8F18NO4S2/c1-5-9-13-17-18-19-20-21-22-23-24-28-32-33(29-25-14-10-6-2,30-26-15-11-7-3)31-27-16-12-8-4;9-1(10,5(17,18)19)3(13,14)7(23,24)32(28,29)27-33(30,31)8(25,26)4(15,16)2(11,12)6(20,21)22/h5-32H2,1-4H3;/q+1;-1. The molecule has 0 unspecified atom stereocenters. The lowest BCUT2D eigenvalue weighted by Crippen LogP contribution is -2.64. The molecule has 0 saturated heterocycles. The van der Waals surface area contributed by atoms with Crippen molar-refractivity contribution in [3.05, 3.63) is 4.13 Å². The Morgan fingerprint density at radius 2 is 0.485 bits per heavy atom. The molecule has 0 saturated carbocycles. The summed E-state index contributed by atoms with van der Waals surface area (Å²) in [7, 11) is -18.3. The molecule has 0 aromatic heterocycles. The molecule has 400 valence electrons. The summed E-state index contributed by atoms with van der Waals surface area (Å²) in [5, 5.41) is -16.4. The smallest absolute Gasteiger partial charge is 0.425 e. The third-order valence-electron chi connectivity index (χ3n) is 11.0. The fourth-order valence-electron chi connectivity index (χ4n) is 6.85. The number of nitrogens with zero attached hydrogens (tertiary/aromatic N) is 1. The van der Waals surface area contributed by atoms with Gasteiger partial charge in [0.1, 0.15) is 0 Å². The maximum absolute atomic E-state index is 13.2. The number of rotatable bonds is 36. The Hall–Kier alpha value is -0.970. The minimum absolute atomic E-state index is 0.109. The van der Waals surface area contributed by atoms with Gasteiger partial charge in [0.25, 0.3) is 0 Å². The first-order valence-electron chi connectivity index (χ1n) is 22.4. The summed E-state index contributed by atoms with van der Waals surface area (Å²) in [4.78, 5) is 0. The van der Waals surface area contributed by atoms with E-state index in [4.69, 9.17) is 0 Å². The first kappa shape index (κ1) is 67.1. The number of hydrogen-bond donors (Lipinski definition) is 0. The number of hydrogen-bond acceptors (Lipinski definition) is 4. The largest absolute Gasteiger partial charge is 0.460 e. The maximum atomic E-state index is 13.2. The van der Waals surface area contributed by atoms with Crippen molar-refractivity contribution >= 4 is 27.3 Å². The predicted octanol–water partition coefficient (Wildman–Crippen LogP) is 17.3. The highest BCUT2D eigenvalue weighted by Crippen LogP contribution is 2.62. The first-order valence-corrected chi connectivity index (χ1v) is 27.8. The SMILES string of the molecule is CCCCCCCCCCCCCC[P+](CCCCCC)(CCCCCC)CCCCCC.O=S(=O)([N-]S(=O)(=O)C(F)(F)C(F)(F)C(F)(F)C(F)(F)F)C(F)(F)C(F)(F)C(F)(F)C(F)(F)F. The Morgan fingerprint density at radius 1 is 0.303 bits per heavy atom. The van der Waals surface area contributed by atoms with Gasteiger partial charge in [0.05, 0.1) is 24.6 Å². The Labute approximate surface area is 379 Å². The minimum atomic E-state index is -8.81. The molecule has 0 aliphatic rings. The second-order valence-corrected chi connectivity index (χ2v) is 24.7. The van der Waals surface area contributed by atoms with E-state index in [1.807, 2.05) is 0 Å². The van der Waals surface area contributed by atoms with Gasteiger partial charge in [-0.2, -0.15) is 79.0 Å². The molecule has 0 aliphatic carbocycles. The van der Waals surface area contributed by atoms with E-state index in [0.29, 0.717) is 0 Å². The van der Waals surface area contributed by atoms with Gasteiger partial charge in [-0.15, -0.1) is 0 Å². The van der Waals surface area contributed by atoms with Gasteiger partial charge in [0, 0.05) is 7.26 Å². The zero-order valence-corrected chi connectivity index (χ0v) is 40.5. The average Bonchev–Trinajstić information content (AvgIpc) is 3.18. The quantitative estimate of drug-likeness (QED) is 0.0356. The molecule has 0 aromatic rings. The summed E-state index contributed by atoms with van der Waals surface area (Å²) < 4.78 is 269. The molecular weight excluding hydrogens is 996 g/mol. The molecule has 0 spiro atoms. The summed E-state index contributed by atoms with van der Waals surface area (Å²) in [6.45, 7) is 9.41. The van der Waals surface area contributed by atoms with Gasteiger partial charge >= 0.3 is 46.6 Å². The Bertz CT molecular complexity index is 1440. The highest BCUT2D eigenvalue weighted by Gasteiger charge is 2.86. The van der Waals surface area contributed by atoms with Crippen LogP contribution in [0.4, 0.5) is 79.0 Å². The first-order chi connectivity index (χ1) is 29.9. The number of unbranched alkanes of at least 4 members (excludes halogenated alkanes) is 20. The molecule has 66 heavy (non-hydrogen) atoms. The van der Waals surface area contributed by atoms with Crippen molar-refractivity contribution in [2.45, 2.75) is 228 Å². The van der Waals surface area contributed by atoms with Gasteiger partial charge in [0.2, 0.25) is 0 Å². The third kappa shape index (κ3) is 19.0. The molecule has 26 heteroatoms. The van der Waals surface area contributed by atoms with Crippen molar-refractivity contribution < 1.29 is 95.9 Å². The van der Waals surface area contributed by atoms with Gasteiger partial charge < -0.3 is 4.13 Å². The fraction of sp³-hybridized carbons (Fsp3) is 1.00. The second kappa shape index (κ2) is 28.8. The zero-order valence-electron chi connectivity index (χ0n) is 37.9. The summed E-state index contributed by atoms with van der Waals surface area (Å²) >= 11 is 0. The van der Waals surface area contributed by atoms with Gasteiger partial charge in [-0.05, 0) is 51.4 Å². The molecule has 0 fully saturated rings. The molecule has 0 heterocycles. The Morgan fingerprint density at radius 3 is 0.682 bits per heavy atom. The molecule has 0 atom stereocenters. The highest BCUT2D eigenvalue weighted by molar-refractivity contribution is 8.13. The molecule has 0 aromatic carbocycles. The molecule has 0 aliphatic heterocycles. The second-order valence-electron chi connectivity index (χ2n) is 16.7. The topological polar surface area (TPSA) is 82.4 Å². The fourth-order valence-corrected chi connectivity index (χ4v) is 14.5. The lowest BCUT2D eigenvalue weighted by Gasteiger charge is -2.39. The molecule has 0 radical (unpaired) electrons.